The fraction of sp³-hybridized carbons (Fsp3) is 0.773. The van der Waals surface area contributed by atoms with Gasteiger partial charge in [0.15, 0.2) is 0 Å². The van der Waals surface area contributed by atoms with Gasteiger partial charge in [0.05, 0.1) is 12.6 Å². The SMILES string of the molecule is CCOC(=O)/C(C)=C/[C@H](C(C)C)N(C)C(=O)[C@@H](NC(=O)OC(C)(C)C)C(C)(C)SC. The third-order valence-corrected chi connectivity index (χ3v) is 5.91. The van der Waals surface area contributed by atoms with Crippen molar-refractivity contribution in [2.75, 3.05) is 19.9 Å². The molecule has 0 saturated heterocycles. The van der Waals surface area contributed by atoms with Gasteiger partial charge in [-0.25, -0.2) is 9.59 Å². The minimum absolute atomic E-state index is 0.0443. The van der Waals surface area contributed by atoms with Crippen LogP contribution in [-0.4, -0.2) is 65.2 Å². The van der Waals surface area contributed by atoms with Crippen LogP contribution in [0.5, 0.6) is 0 Å². The molecule has 0 aliphatic heterocycles. The summed E-state index contributed by atoms with van der Waals surface area (Å²) in [6, 6.07) is -1.16. The van der Waals surface area contributed by atoms with Crippen molar-refractivity contribution in [2.45, 2.75) is 84.7 Å². The molecule has 2 atom stereocenters. The molecule has 0 heterocycles. The number of nitrogens with one attached hydrogen (secondary N) is 1. The number of ether oxygens (including phenoxy) is 2. The van der Waals surface area contributed by atoms with Gasteiger partial charge in [0, 0.05) is 17.4 Å². The van der Waals surface area contributed by atoms with Crippen LogP contribution in [0.1, 0.15) is 62.3 Å². The number of likely N-dealkylation sites (N-methyl/N-ethyl adjacent to an activating group) is 1. The predicted octanol–water partition coefficient (Wildman–Crippen LogP) is 4.01. The van der Waals surface area contributed by atoms with E-state index >= 15 is 0 Å². The summed E-state index contributed by atoms with van der Waals surface area (Å²) in [6.45, 7) is 16.8. The van der Waals surface area contributed by atoms with E-state index in [0.29, 0.717) is 5.57 Å². The smallest absolute Gasteiger partial charge is 0.408 e. The van der Waals surface area contributed by atoms with Gasteiger partial charge in [-0.05, 0) is 60.6 Å². The number of carbonyl (C=O) groups excluding carboxylic acids is 3. The van der Waals surface area contributed by atoms with Gasteiger partial charge in [-0.2, -0.15) is 11.8 Å². The molecule has 0 unspecified atom stereocenters. The Hall–Kier alpha value is -1.70. The van der Waals surface area contributed by atoms with Gasteiger partial charge in [-0.1, -0.05) is 19.9 Å². The van der Waals surface area contributed by atoms with E-state index in [0.717, 1.165) is 0 Å². The number of esters is 1. The second kappa shape index (κ2) is 11.6. The van der Waals surface area contributed by atoms with Crippen molar-refractivity contribution in [3.63, 3.8) is 0 Å². The van der Waals surface area contributed by atoms with E-state index < -0.39 is 28.5 Å². The highest BCUT2D eigenvalue weighted by Crippen LogP contribution is 2.28. The molecule has 1 N–H and O–H groups in total. The summed E-state index contributed by atoms with van der Waals surface area (Å²) in [5.41, 5.74) is -0.233. The Kier molecular flexibility index (Phi) is 11.0. The van der Waals surface area contributed by atoms with Gasteiger partial charge in [0.25, 0.3) is 0 Å². The number of alkyl carbamates (subject to hydrolysis) is 1. The third-order valence-electron chi connectivity index (χ3n) is 4.63. The van der Waals surface area contributed by atoms with E-state index in [1.165, 1.54) is 11.8 Å². The minimum Gasteiger partial charge on any atom is -0.463 e. The van der Waals surface area contributed by atoms with Crippen LogP contribution in [0.3, 0.4) is 0 Å². The lowest BCUT2D eigenvalue weighted by atomic mass is 9.96. The molecule has 0 aromatic heterocycles. The first-order chi connectivity index (χ1) is 13.6. The summed E-state index contributed by atoms with van der Waals surface area (Å²) < 4.78 is 9.84. The van der Waals surface area contributed by atoms with Crippen LogP contribution in [0.4, 0.5) is 4.79 Å². The van der Waals surface area contributed by atoms with Gasteiger partial charge in [0.2, 0.25) is 5.91 Å². The molecule has 0 saturated carbocycles. The lowest BCUT2D eigenvalue weighted by Crippen LogP contribution is -2.59. The molecule has 0 aliphatic carbocycles. The van der Waals surface area contributed by atoms with Crippen LogP contribution in [0.15, 0.2) is 11.6 Å². The largest absolute Gasteiger partial charge is 0.463 e. The Morgan fingerprint density at radius 1 is 1.13 bits per heavy atom. The number of carbonyl (C=O) groups is 3. The fourth-order valence-corrected chi connectivity index (χ4v) is 3.14. The topological polar surface area (TPSA) is 84.9 Å². The van der Waals surface area contributed by atoms with E-state index in [-0.39, 0.29) is 24.5 Å². The minimum atomic E-state index is -0.815. The molecule has 174 valence electrons. The molecule has 0 spiro atoms. The van der Waals surface area contributed by atoms with Crippen molar-refractivity contribution in [3.8, 4) is 0 Å². The van der Waals surface area contributed by atoms with Crippen LogP contribution in [-0.2, 0) is 19.1 Å². The number of rotatable bonds is 9. The molecule has 8 heteroatoms. The van der Waals surface area contributed by atoms with Gasteiger partial charge < -0.3 is 19.7 Å². The van der Waals surface area contributed by atoms with Crippen LogP contribution in [0.2, 0.25) is 0 Å². The fourth-order valence-electron chi connectivity index (χ4n) is 2.75. The number of thioether (sulfide) groups is 1. The molecule has 0 radical (unpaired) electrons. The summed E-state index contributed by atoms with van der Waals surface area (Å²) in [6.07, 6.45) is 3.00. The van der Waals surface area contributed by atoms with Crippen molar-refractivity contribution in [2.24, 2.45) is 5.92 Å². The first-order valence-corrected chi connectivity index (χ1v) is 11.5. The molecular formula is C22H40N2O5S. The zero-order chi connectivity index (χ0) is 23.9. The van der Waals surface area contributed by atoms with E-state index in [9.17, 15) is 14.4 Å². The van der Waals surface area contributed by atoms with Crippen molar-refractivity contribution in [3.05, 3.63) is 11.6 Å². The Labute approximate surface area is 186 Å². The van der Waals surface area contributed by atoms with Crippen molar-refractivity contribution in [1.82, 2.24) is 10.2 Å². The van der Waals surface area contributed by atoms with Gasteiger partial charge >= 0.3 is 12.1 Å². The number of amides is 2. The van der Waals surface area contributed by atoms with Gasteiger partial charge in [0.1, 0.15) is 11.6 Å². The second-order valence-corrected chi connectivity index (χ2v) is 10.6. The monoisotopic (exact) mass is 444 g/mol. The quantitative estimate of drug-likeness (QED) is 0.427. The second-order valence-electron chi connectivity index (χ2n) is 9.14. The average molecular weight is 445 g/mol. The molecule has 7 nitrogen and oxygen atoms in total. The normalized spacial score (nSPS) is 14.7. The molecule has 0 aromatic rings. The Bertz CT molecular complexity index is 638. The third kappa shape index (κ3) is 8.98. The summed E-state index contributed by atoms with van der Waals surface area (Å²) in [5, 5.41) is 2.75. The van der Waals surface area contributed by atoms with Gasteiger partial charge in [-0.15, -0.1) is 0 Å². The molecule has 0 aromatic carbocycles. The van der Waals surface area contributed by atoms with Crippen molar-refractivity contribution in [1.29, 1.82) is 0 Å². The molecule has 0 bridgehead atoms. The maximum absolute atomic E-state index is 13.5. The highest BCUT2D eigenvalue weighted by Gasteiger charge is 2.40. The zero-order valence-electron chi connectivity index (χ0n) is 20.4. The van der Waals surface area contributed by atoms with E-state index in [4.69, 9.17) is 9.47 Å². The van der Waals surface area contributed by atoms with Crippen molar-refractivity contribution < 1.29 is 23.9 Å². The van der Waals surface area contributed by atoms with Crippen LogP contribution >= 0.6 is 11.8 Å². The summed E-state index contributed by atoms with van der Waals surface area (Å²) in [4.78, 5) is 39.5. The lowest BCUT2D eigenvalue weighted by Gasteiger charge is -2.38. The molecule has 0 rings (SSSR count). The summed E-state index contributed by atoms with van der Waals surface area (Å²) in [5.74, 6) is -0.619. The van der Waals surface area contributed by atoms with Crippen LogP contribution in [0.25, 0.3) is 0 Å². The number of hydrogen-bond donors (Lipinski definition) is 1. The van der Waals surface area contributed by atoms with E-state index in [1.54, 1.807) is 52.6 Å². The highest BCUT2D eigenvalue weighted by atomic mass is 32.2. The maximum atomic E-state index is 13.5. The molecule has 30 heavy (non-hydrogen) atoms. The lowest BCUT2D eigenvalue weighted by molar-refractivity contribution is -0.139. The number of nitrogens with zero attached hydrogens (tertiary/aromatic N) is 1. The molecule has 0 fully saturated rings. The molecule has 2 amide bonds. The molecular weight excluding hydrogens is 404 g/mol. The first kappa shape index (κ1) is 28.3. The summed E-state index contributed by atoms with van der Waals surface area (Å²) >= 11 is 1.48. The van der Waals surface area contributed by atoms with Crippen LogP contribution < -0.4 is 5.32 Å². The molecule has 0 aliphatic rings. The van der Waals surface area contributed by atoms with E-state index in [1.807, 2.05) is 34.0 Å². The number of hydrogen-bond acceptors (Lipinski definition) is 6. The highest BCUT2D eigenvalue weighted by molar-refractivity contribution is 8.00. The van der Waals surface area contributed by atoms with Crippen LogP contribution in [0, 0.1) is 5.92 Å². The Morgan fingerprint density at radius 2 is 1.67 bits per heavy atom. The first-order valence-electron chi connectivity index (χ1n) is 10.2. The van der Waals surface area contributed by atoms with Crippen molar-refractivity contribution >= 4 is 29.7 Å². The Morgan fingerprint density at radius 3 is 2.07 bits per heavy atom. The standard InChI is InChI=1S/C22H40N2O5S/c1-12-28-19(26)15(4)13-16(14(2)3)24(10)18(25)17(22(8,9)30-11)23-20(27)29-21(5,6)7/h13-14,16-17H,12H2,1-11H3,(H,23,27)/b15-13+/t16-,17-/m1/s1. The summed E-state index contributed by atoms with van der Waals surface area (Å²) in [7, 11) is 1.68. The van der Waals surface area contributed by atoms with Gasteiger partial charge in [-0.3, -0.25) is 4.79 Å². The zero-order valence-corrected chi connectivity index (χ0v) is 21.2. The van der Waals surface area contributed by atoms with E-state index in [2.05, 4.69) is 5.32 Å². The predicted molar refractivity (Wildman–Crippen MR) is 123 cm³/mol. The maximum Gasteiger partial charge on any atom is 0.408 e. The Balaban J connectivity index is 5.85. The average Bonchev–Trinajstić information content (AvgIpc) is 2.61.